The molecule has 16 rings (SSSR count). The van der Waals surface area contributed by atoms with E-state index in [0.29, 0.717) is 11.6 Å². The predicted octanol–water partition coefficient (Wildman–Crippen LogP) is 20.2. The van der Waals surface area contributed by atoms with Gasteiger partial charge in [-0.2, -0.15) is 0 Å². The Balaban J connectivity index is 1.10. The normalized spacial score (nSPS) is 11.5. The second-order valence-corrected chi connectivity index (χ2v) is 22.1. The molecule has 87 heavy (non-hydrogen) atoms. The molecule has 0 unspecified atom stereocenters. The van der Waals surface area contributed by atoms with Crippen LogP contribution in [0.5, 0.6) is 0 Å². The Morgan fingerprint density at radius 1 is 0.230 bits per heavy atom. The minimum Gasteiger partial charge on any atom is -0.309 e. The van der Waals surface area contributed by atoms with Gasteiger partial charge in [0.1, 0.15) is 0 Å². The van der Waals surface area contributed by atoms with Gasteiger partial charge in [0.05, 0.1) is 61.9 Å². The highest BCUT2D eigenvalue weighted by molar-refractivity contribution is 6.13. The van der Waals surface area contributed by atoms with Crippen LogP contribution in [0, 0.1) is 6.92 Å². The average molecular weight is 1110 g/mol. The van der Waals surface area contributed by atoms with Crippen molar-refractivity contribution in [3.05, 3.63) is 309 Å². The fraction of sp³-hybridized carbons (Fsp3) is 0.0125. The van der Waals surface area contributed by atoms with Gasteiger partial charge in [-0.1, -0.05) is 236 Å². The molecule has 7 heteroatoms. The zero-order valence-corrected chi connectivity index (χ0v) is 47.5. The number of pyridine rings is 1. The molecule has 0 N–H and O–H groups in total. The number of hydrogen-bond acceptors (Lipinski definition) is 5. The topological polar surface area (TPSA) is 74.3 Å². The lowest BCUT2D eigenvalue weighted by atomic mass is 10.00. The standard InChI is InChI=1S/C80H53N7/c1-52-39-43-75-64(45-52)62-35-20-21-38-74(62)86(75)61-48-66(79-82-70(55-27-12-4-13-28-55)50-71(83-79)56-29-14-5-15-30-56)78(67(49-61)80-84-72(57-31-16-6-17-32-57)51-73(85-80)58-33-18-7-19-34-58)87-76-44-41-59(53-23-8-2-9-24-53)46-65(76)63-42-40-60(47-77(63)87)69-37-22-36-68(81-69)54-25-10-3-11-26-54/h2-51H,1H3. The average Bonchev–Trinajstić information content (AvgIpc) is 1.68. The van der Waals surface area contributed by atoms with Gasteiger partial charge in [-0.3, -0.25) is 0 Å². The Morgan fingerprint density at radius 2 is 0.632 bits per heavy atom. The first-order valence-corrected chi connectivity index (χ1v) is 29.4. The van der Waals surface area contributed by atoms with Crippen molar-refractivity contribution in [3.8, 4) is 113 Å². The van der Waals surface area contributed by atoms with Gasteiger partial charge in [0.15, 0.2) is 11.6 Å². The van der Waals surface area contributed by atoms with E-state index < -0.39 is 0 Å². The molecule has 5 aromatic heterocycles. The molecule has 0 saturated carbocycles. The third-order valence-electron chi connectivity index (χ3n) is 16.6. The van der Waals surface area contributed by atoms with Crippen LogP contribution in [0.3, 0.4) is 0 Å². The zero-order valence-electron chi connectivity index (χ0n) is 47.5. The third-order valence-corrected chi connectivity index (χ3v) is 16.6. The summed E-state index contributed by atoms with van der Waals surface area (Å²) in [4.78, 5) is 28.3. The highest BCUT2D eigenvalue weighted by Crippen LogP contribution is 2.46. The number of aryl methyl sites for hydroxylation is 1. The van der Waals surface area contributed by atoms with Gasteiger partial charge in [-0.05, 0) is 90.8 Å². The number of para-hydroxylation sites is 1. The maximum absolute atomic E-state index is 5.73. The molecule has 0 radical (unpaired) electrons. The van der Waals surface area contributed by atoms with E-state index in [1.54, 1.807) is 0 Å². The summed E-state index contributed by atoms with van der Waals surface area (Å²) in [6.45, 7) is 2.16. The maximum Gasteiger partial charge on any atom is 0.162 e. The Hall–Kier alpha value is -11.7. The predicted molar refractivity (Wildman–Crippen MR) is 358 cm³/mol. The minimum atomic E-state index is 0.539. The molecule has 5 heterocycles. The molecular formula is C80H53N7. The van der Waals surface area contributed by atoms with Gasteiger partial charge >= 0.3 is 0 Å². The Bertz CT molecular complexity index is 4990. The van der Waals surface area contributed by atoms with E-state index in [-0.39, 0.29) is 0 Å². The fourth-order valence-electron chi connectivity index (χ4n) is 12.5. The first kappa shape index (κ1) is 51.0. The molecule has 11 aromatic carbocycles. The van der Waals surface area contributed by atoms with Crippen LogP contribution in [-0.4, -0.2) is 34.1 Å². The number of fused-ring (bicyclic) bond motifs is 6. The molecule has 16 aromatic rings. The summed E-state index contributed by atoms with van der Waals surface area (Å²) in [6, 6.07) is 107. The van der Waals surface area contributed by atoms with Crippen molar-refractivity contribution in [3.63, 3.8) is 0 Å². The van der Waals surface area contributed by atoms with Crippen molar-refractivity contribution in [2.75, 3.05) is 0 Å². The molecular weight excluding hydrogens is 1060 g/mol. The van der Waals surface area contributed by atoms with Crippen LogP contribution in [-0.2, 0) is 0 Å². The van der Waals surface area contributed by atoms with Crippen LogP contribution in [0.4, 0.5) is 0 Å². The Kier molecular flexibility index (Phi) is 12.6. The molecule has 0 spiro atoms. The summed E-state index contributed by atoms with van der Waals surface area (Å²) in [6.07, 6.45) is 0. The van der Waals surface area contributed by atoms with Crippen molar-refractivity contribution < 1.29 is 0 Å². The maximum atomic E-state index is 5.73. The summed E-state index contributed by atoms with van der Waals surface area (Å²) in [5.41, 5.74) is 21.6. The lowest BCUT2D eigenvalue weighted by Gasteiger charge is -2.22. The van der Waals surface area contributed by atoms with Crippen LogP contribution >= 0.6 is 0 Å². The Labute approximate surface area is 503 Å². The van der Waals surface area contributed by atoms with Crippen molar-refractivity contribution in [2.45, 2.75) is 6.92 Å². The number of hydrogen-bond donors (Lipinski definition) is 0. The van der Waals surface area contributed by atoms with E-state index in [4.69, 9.17) is 24.9 Å². The summed E-state index contributed by atoms with van der Waals surface area (Å²) in [7, 11) is 0. The summed E-state index contributed by atoms with van der Waals surface area (Å²) >= 11 is 0. The van der Waals surface area contributed by atoms with E-state index in [2.05, 4.69) is 289 Å². The molecule has 0 aliphatic rings. The summed E-state index contributed by atoms with van der Waals surface area (Å²) in [5, 5.41) is 4.46. The molecule has 0 atom stereocenters. The minimum absolute atomic E-state index is 0.539. The van der Waals surface area contributed by atoms with Crippen molar-refractivity contribution in [1.29, 1.82) is 0 Å². The van der Waals surface area contributed by atoms with Crippen LogP contribution in [0.25, 0.3) is 156 Å². The van der Waals surface area contributed by atoms with Crippen LogP contribution in [0.15, 0.2) is 303 Å². The van der Waals surface area contributed by atoms with E-state index >= 15 is 0 Å². The van der Waals surface area contributed by atoms with Crippen molar-refractivity contribution in [2.24, 2.45) is 0 Å². The van der Waals surface area contributed by atoms with Crippen molar-refractivity contribution in [1.82, 2.24) is 34.1 Å². The van der Waals surface area contributed by atoms with Gasteiger partial charge in [0.2, 0.25) is 0 Å². The fourth-order valence-corrected chi connectivity index (χ4v) is 12.5. The van der Waals surface area contributed by atoms with Gasteiger partial charge in [0.25, 0.3) is 0 Å². The second kappa shape index (κ2) is 21.5. The van der Waals surface area contributed by atoms with E-state index in [9.17, 15) is 0 Å². The molecule has 0 saturated heterocycles. The lowest BCUT2D eigenvalue weighted by molar-refractivity contribution is 1.10. The Morgan fingerprint density at radius 3 is 1.16 bits per heavy atom. The molecule has 0 aliphatic heterocycles. The molecule has 0 amide bonds. The summed E-state index contributed by atoms with van der Waals surface area (Å²) in [5.74, 6) is 1.08. The van der Waals surface area contributed by atoms with Gasteiger partial charge in [-0.25, -0.2) is 24.9 Å². The van der Waals surface area contributed by atoms with Crippen LogP contribution in [0.1, 0.15) is 5.56 Å². The van der Waals surface area contributed by atoms with Crippen LogP contribution < -0.4 is 0 Å². The number of rotatable bonds is 11. The SMILES string of the molecule is Cc1ccc2c(c1)c1ccccc1n2-c1cc(-c2nc(-c3ccccc3)cc(-c3ccccc3)n2)c(-n2c3ccc(-c4ccccc4)cc3c3ccc(-c4cccc(-c5ccccc5)n4)cc32)c(-c2nc(-c3ccccc3)cc(-c3ccccc3)n2)c1. The monoisotopic (exact) mass is 1110 g/mol. The summed E-state index contributed by atoms with van der Waals surface area (Å²) < 4.78 is 4.82. The molecule has 0 aliphatic carbocycles. The smallest absolute Gasteiger partial charge is 0.162 e. The van der Waals surface area contributed by atoms with E-state index in [1.807, 2.05) is 30.3 Å². The lowest BCUT2D eigenvalue weighted by Crippen LogP contribution is -2.08. The first-order valence-electron chi connectivity index (χ1n) is 29.4. The van der Waals surface area contributed by atoms with E-state index in [0.717, 1.165) is 145 Å². The van der Waals surface area contributed by atoms with Crippen LogP contribution in [0.2, 0.25) is 0 Å². The zero-order chi connectivity index (χ0) is 57.8. The number of aromatic nitrogens is 7. The number of benzene rings is 11. The largest absolute Gasteiger partial charge is 0.309 e. The number of nitrogens with zero attached hydrogens (tertiary/aromatic N) is 7. The highest BCUT2D eigenvalue weighted by Gasteiger charge is 2.28. The molecule has 7 nitrogen and oxygen atoms in total. The molecule has 0 fully saturated rings. The molecule has 408 valence electrons. The van der Waals surface area contributed by atoms with Gasteiger partial charge in [0, 0.05) is 71.7 Å². The van der Waals surface area contributed by atoms with Crippen molar-refractivity contribution >= 4 is 43.6 Å². The second-order valence-electron chi connectivity index (χ2n) is 22.1. The highest BCUT2D eigenvalue weighted by atomic mass is 15.0. The third kappa shape index (κ3) is 9.31. The quantitative estimate of drug-likeness (QED) is 0.129. The van der Waals surface area contributed by atoms with Gasteiger partial charge < -0.3 is 9.13 Å². The van der Waals surface area contributed by atoms with Gasteiger partial charge in [-0.15, -0.1) is 0 Å². The molecule has 0 bridgehead atoms. The van der Waals surface area contributed by atoms with E-state index in [1.165, 1.54) is 5.56 Å². The first-order chi connectivity index (χ1) is 43.0.